The summed E-state index contributed by atoms with van der Waals surface area (Å²) >= 11 is 1.26. The van der Waals surface area contributed by atoms with E-state index in [9.17, 15) is 14.0 Å². The molecule has 0 aliphatic carbocycles. The van der Waals surface area contributed by atoms with Crippen molar-refractivity contribution in [3.05, 3.63) is 82.0 Å². The van der Waals surface area contributed by atoms with Gasteiger partial charge >= 0.3 is 0 Å². The lowest BCUT2D eigenvalue weighted by molar-refractivity contribution is 0.0955. The van der Waals surface area contributed by atoms with Gasteiger partial charge in [-0.3, -0.25) is 14.0 Å². The second kappa shape index (κ2) is 8.39. The van der Waals surface area contributed by atoms with E-state index in [-0.39, 0.29) is 30.4 Å². The number of aromatic nitrogens is 7. The molecule has 0 aliphatic heterocycles. The number of carbonyl (C=O) groups is 1. The van der Waals surface area contributed by atoms with Crippen molar-refractivity contribution >= 4 is 22.2 Å². The largest absolute Gasteiger partial charge is 0.349 e. The van der Waals surface area contributed by atoms with Crippen LogP contribution in [-0.4, -0.2) is 46.4 Å². The van der Waals surface area contributed by atoms with Crippen LogP contribution in [-0.2, 0) is 6.54 Å². The summed E-state index contributed by atoms with van der Waals surface area (Å²) in [6.07, 6.45) is 4.68. The van der Waals surface area contributed by atoms with Crippen LogP contribution < -0.4 is 10.9 Å². The standard InChI is InChI=1S/C21H17FN8O2S/c1-13-19(33-21-26-16(10-28(13)21)14-2-4-15(22)5-3-14)20(32)24-8-9-29-18(31)7-6-17(27-29)30-12-23-11-25-30/h2-7,10-12H,8-9H2,1H3,(H,24,32). The highest BCUT2D eigenvalue weighted by Crippen LogP contribution is 2.27. The summed E-state index contributed by atoms with van der Waals surface area (Å²) < 4.78 is 17.7. The molecule has 10 nitrogen and oxygen atoms in total. The van der Waals surface area contributed by atoms with E-state index >= 15 is 0 Å². The first kappa shape index (κ1) is 20.7. The van der Waals surface area contributed by atoms with E-state index in [1.54, 1.807) is 18.2 Å². The maximum atomic E-state index is 13.2. The topological polar surface area (TPSA) is 112 Å². The fraction of sp³-hybridized carbons (Fsp3) is 0.143. The monoisotopic (exact) mass is 464 g/mol. The lowest BCUT2D eigenvalue weighted by Crippen LogP contribution is -2.32. The second-order valence-corrected chi connectivity index (χ2v) is 8.13. The van der Waals surface area contributed by atoms with Crippen molar-refractivity contribution in [2.45, 2.75) is 13.5 Å². The molecular weight excluding hydrogens is 447 g/mol. The summed E-state index contributed by atoms with van der Waals surface area (Å²) in [4.78, 5) is 34.5. The molecule has 0 radical (unpaired) electrons. The maximum absolute atomic E-state index is 13.2. The normalized spacial score (nSPS) is 11.2. The first-order valence-electron chi connectivity index (χ1n) is 9.95. The molecule has 33 heavy (non-hydrogen) atoms. The minimum atomic E-state index is -0.308. The van der Waals surface area contributed by atoms with Crippen LogP contribution in [0.3, 0.4) is 0 Å². The van der Waals surface area contributed by atoms with E-state index in [1.165, 1.54) is 51.6 Å². The third-order valence-corrected chi connectivity index (χ3v) is 6.17. The first-order valence-corrected chi connectivity index (χ1v) is 10.8. The molecule has 0 saturated carbocycles. The minimum absolute atomic E-state index is 0.198. The molecule has 5 aromatic rings. The number of imidazole rings is 1. The zero-order chi connectivity index (χ0) is 22.9. The molecule has 4 heterocycles. The van der Waals surface area contributed by atoms with Crippen LogP contribution in [0.2, 0.25) is 0 Å². The molecule has 0 unspecified atom stereocenters. The molecule has 1 amide bonds. The van der Waals surface area contributed by atoms with Gasteiger partial charge < -0.3 is 5.32 Å². The van der Waals surface area contributed by atoms with Gasteiger partial charge in [0.25, 0.3) is 11.5 Å². The van der Waals surface area contributed by atoms with Gasteiger partial charge in [0, 0.05) is 30.1 Å². The van der Waals surface area contributed by atoms with Crippen molar-refractivity contribution in [2.75, 3.05) is 6.54 Å². The predicted octanol–water partition coefficient (Wildman–Crippen LogP) is 2.08. The molecule has 1 N–H and O–H groups in total. The van der Waals surface area contributed by atoms with Crippen molar-refractivity contribution < 1.29 is 9.18 Å². The predicted molar refractivity (Wildman–Crippen MR) is 119 cm³/mol. The van der Waals surface area contributed by atoms with Crippen LogP contribution in [0.25, 0.3) is 22.0 Å². The number of amides is 1. The fourth-order valence-corrected chi connectivity index (χ4v) is 4.35. The Morgan fingerprint density at radius 2 is 2.00 bits per heavy atom. The van der Waals surface area contributed by atoms with Crippen LogP contribution in [0.15, 0.2) is 60.0 Å². The third-order valence-electron chi connectivity index (χ3n) is 5.02. The van der Waals surface area contributed by atoms with Crippen LogP contribution in [0.1, 0.15) is 15.4 Å². The Morgan fingerprint density at radius 3 is 2.73 bits per heavy atom. The summed E-state index contributed by atoms with van der Waals surface area (Å²) in [6, 6.07) is 9.05. The van der Waals surface area contributed by atoms with Crippen molar-refractivity contribution in [1.82, 2.24) is 39.2 Å². The number of thiazole rings is 1. The van der Waals surface area contributed by atoms with Crippen molar-refractivity contribution in [2.24, 2.45) is 0 Å². The maximum Gasteiger partial charge on any atom is 0.266 e. The zero-order valence-corrected chi connectivity index (χ0v) is 18.2. The van der Waals surface area contributed by atoms with Gasteiger partial charge in [-0.1, -0.05) is 11.3 Å². The molecule has 12 heteroatoms. The molecule has 4 aromatic heterocycles. The Kier molecular flexibility index (Phi) is 5.26. The lowest BCUT2D eigenvalue weighted by atomic mass is 10.2. The zero-order valence-electron chi connectivity index (χ0n) is 17.3. The summed E-state index contributed by atoms with van der Waals surface area (Å²) in [7, 11) is 0. The molecule has 0 atom stereocenters. The van der Waals surface area contributed by atoms with Gasteiger partial charge in [0.2, 0.25) is 0 Å². The number of hydrogen-bond acceptors (Lipinski definition) is 7. The second-order valence-electron chi connectivity index (χ2n) is 7.15. The van der Waals surface area contributed by atoms with Crippen LogP contribution >= 0.6 is 11.3 Å². The minimum Gasteiger partial charge on any atom is -0.349 e. The van der Waals surface area contributed by atoms with Gasteiger partial charge in [-0.25, -0.2) is 23.7 Å². The summed E-state index contributed by atoms with van der Waals surface area (Å²) in [5.41, 5.74) is 1.96. The first-order chi connectivity index (χ1) is 16.0. The highest BCUT2D eigenvalue weighted by molar-refractivity contribution is 7.19. The van der Waals surface area contributed by atoms with E-state index in [0.717, 1.165) is 11.3 Å². The average Bonchev–Trinajstić information content (AvgIpc) is 3.54. The molecule has 0 spiro atoms. The number of benzene rings is 1. The van der Waals surface area contributed by atoms with E-state index < -0.39 is 0 Å². The SMILES string of the molecule is Cc1c(C(=O)NCCn2nc(-n3cncn3)ccc2=O)sc2nc(-c3ccc(F)cc3)cn12. The van der Waals surface area contributed by atoms with Crippen molar-refractivity contribution in [3.8, 4) is 17.1 Å². The number of halogens is 1. The van der Waals surface area contributed by atoms with Crippen LogP contribution in [0.5, 0.6) is 0 Å². The fourth-order valence-electron chi connectivity index (χ4n) is 3.32. The molecule has 0 bridgehead atoms. The highest BCUT2D eigenvalue weighted by atomic mass is 32.1. The van der Waals surface area contributed by atoms with E-state index in [2.05, 4.69) is 25.5 Å². The number of nitrogens with one attached hydrogen (secondary N) is 1. The molecule has 166 valence electrons. The Hall–Kier alpha value is -4.19. The van der Waals surface area contributed by atoms with Gasteiger partial charge in [-0.2, -0.15) is 5.10 Å². The number of hydrogen-bond donors (Lipinski definition) is 1. The summed E-state index contributed by atoms with van der Waals surface area (Å²) in [6.45, 7) is 2.25. The van der Waals surface area contributed by atoms with E-state index in [1.807, 2.05) is 17.5 Å². The molecule has 0 saturated heterocycles. The number of aryl methyl sites for hydroxylation is 1. The Bertz CT molecular complexity index is 1500. The lowest BCUT2D eigenvalue weighted by Gasteiger charge is -2.08. The van der Waals surface area contributed by atoms with Gasteiger partial charge in [0.15, 0.2) is 10.8 Å². The van der Waals surface area contributed by atoms with Gasteiger partial charge in [0.1, 0.15) is 23.3 Å². The summed E-state index contributed by atoms with van der Waals surface area (Å²) in [5.74, 6) is -0.116. The quantitative estimate of drug-likeness (QED) is 0.412. The number of rotatable bonds is 6. The Morgan fingerprint density at radius 1 is 1.18 bits per heavy atom. The number of carbonyl (C=O) groups excluding carboxylic acids is 1. The molecule has 5 rings (SSSR count). The number of nitrogens with zero attached hydrogens (tertiary/aromatic N) is 7. The van der Waals surface area contributed by atoms with Crippen molar-refractivity contribution in [1.29, 1.82) is 0 Å². The van der Waals surface area contributed by atoms with Gasteiger partial charge in [0.05, 0.1) is 12.2 Å². The molecule has 0 fully saturated rings. The van der Waals surface area contributed by atoms with Gasteiger partial charge in [-0.05, 0) is 37.3 Å². The highest BCUT2D eigenvalue weighted by Gasteiger charge is 2.18. The number of fused-ring (bicyclic) bond motifs is 1. The van der Waals surface area contributed by atoms with Gasteiger partial charge in [-0.15, -0.1) is 5.10 Å². The molecular formula is C21H17FN8O2S. The van der Waals surface area contributed by atoms with Crippen LogP contribution in [0.4, 0.5) is 4.39 Å². The third kappa shape index (κ3) is 4.03. The van der Waals surface area contributed by atoms with E-state index in [4.69, 9.17) is 0 Å². The molecule has 0 aliphatic rings. The average molecular weight is 464 g/mol. The Balaban J connectivity index is 1.28. The van der Waals surface area contributed by atoms with Crippen LogP contribution in [0, 0.1) is 12.7 Å². The summed E-state index contributed by atoms with van der Waals surface area (Å²) in [5, 5.41) is 11.1. The molecule has 1 aromatic carbocycles. The Labute approximate surface area is 190 Å². The van der Waals surface area contributed by atoms with Crippen molar-refractivity contribution in [3.63, 3.8) is 0 Å². The smallest absolute Gasteiger partial charge is 0.266 e. The van der Waals surface area contributed by atoms with E-state index in [0.29, 0.717) is 21.3 Å².